The standard InChI is InChI=1S/C10H13BO5/c12-10(13)2-1-7-16-9-5-3-8(4-6-9)11(14)15/h3-6,14-15H,1-2,7H2,(H,12,13). The molecule has 6 heteroatoms. The van der Waals surface area contributed by atoms with E-state index in [2.05, 4.69) is 0 Å². The van der Waals surface area contributed by atoms with E-state index in [4.69, 9.17) is 19.9 Å². The van der Waals surface area contributed by atoms with Crippen LogP contribution in [-0.2, 0) is 4.79 Å². The first-order valence-corrected chi connectivity index (χ1v) is 4.90. The SMILES string of the molecule is O=C(O)CCCOc1ccc(B(O)O)cc1. The van der Waals surface area contributed by atoms with Crippen LogP contribution in [0.15, 0.2) is 24.3 Å². The number of carbonyl (C=O) groups is 1. The number of carboxylic acid groups (broad SMARTS) is 1. The van der Waals surface area contributed by atoms with Crippen LogP contribution in [0, 0.1) is 0 Å². The Morgan fingerprint density at radius 3 is 2.38 bits per heavy atom. The van der Waals surface area contributed by atoms with Crippen LogP contribution in [0.1, 0.15) is 12.8 Å². The smallest absolute Gasteiger partial charge is 0.488 e. The van der Waals surface area contributed by atoms with E-state index >= 15 is 0 Å². The molecule has 0 aliphatic rings. The third kappa shape index (κ3) is 4.33. The van der Waals surface area contributed by atoms with Gasteiger partial charge < -0.3 is 19.9 Å². The van der Waals surface area contributed by atoms with Crippen LogP contribution in [0.5, 0.6) is 5.75 Å². The second-order valence-electron chi connectivity index (χ2n) is 3.29. The number of rotatable bonds is 6. The molecule has 16 heavy (non-hydrogen) atoms. The quantitative estimate of drug-likeness (QED) is 0.452. The maximum Gasteiger partial charge on any atom is 0.488 e. The number of carboxylic acids is 1. The summed E-state index contributed by atoms with van der Waals surface area (Å²) in [5.41, 5.74) is 0.387. The van der Waals surface area contributed by atoms with Gasteiger partial charge in [0.1, 0.15) is 5.75 Å². The average Bonchev–Trinajstić information content (AvgIpc) is 2.25. The molecule has 0 saturated heterocycles. The van der Waals surface area contributed by atoms with Gasteiger partial charge in [-0.15, -0.1) is 0 Å². The fraction of sp³-hybridized carbons (Fsp3) is 0.300. The van der Waals surface area contributed by atoms with Gasteiger partial charge in [-0.25, -0.2) is 0 Å². The molecular weight excluding hydrogens is 211 g/mol. The summed E-state index contributed by atoms with van der Waals surface area (Å²) in [6, 6.07) is 6.29. The van der Waals surface area contributed by atoms with Gasteiger partial charge in [0.05, 0.1) is 6.61 Å². The van der Waals surface area contributed by atoms with Crippen LogP contribution in [-0.4, -0.2) is 34.8 Å². The second kappa shape index (κ2) is 6.14. The highest BCUT2D eigenvalue weighted by molar-refractivity contribution is 6.58. The molecule has 3 N–H and O–H groups in total. The van der Waals surface area contributed by atoms with Crippen molar-refractivity contribution in [2.45, 2.75) is 12.8 Å². The Morgan fingerprint density at radius 2 is 1.88 bits per heavy atom. The van der Waals surface area contributed by atoms with Gasteiger partial charge in [0.15, 0.2) is 0 Å². The molecule has 5 nitrogen and oxygen atoms in total. The summed E-state index contributed by atoms with van der Waals surface area (Å²) in [5, 5.41) is 26.1. The first-order chi connectivity index (χ1) is 7.59. The van der Waals surface area contributed by atoms with Gasteiger partial charge >= 0.3 is 13.1 Å². The van der Waals surface area contributed by atoms with E-state index in [9.17, 15) is 4.79 Å². The Labute approximate surface area is 93.4 Å². The number of aliphatic carboxylic acids is 1. The van der Waals surface area contributed by atoms with Crippen LogP contribution < -0.4 is 10.2 Å². The third-order valence-electron chi connectivity index (χ3n) is 1.98. The largest absolute Gasteiger partial charge is 0.494 e. The van der Waals surface area contributed by atoms with E-state index in [1.54, 1.807) is 12.1 Å². The molecule has 0 amide bonds. The number of ether oxygens (including phenoxy) is 1. The first-order valence-electron chi connectivity index (χ1n) is 4.90. The fourth-order valence-corrected chi connectivity index (χ4v) is 1.15. The molecule has 0 aliphatic carbocycles. The molecule has 0 unspecified atom stereocenters. The molecule has 0 spiro atoms. The topological polar surface area (TPSA) is 87.0 Å². The Kier molecular flexibility index (Phi) is 4.82. The molecule has 0 aliphatic heterocycles. The lowest BCUT2D eigenvalue weighted by Gasteiger charge is -2.06. The maximum atomic E-state index is 10.2. The summed E-state index contributed by atoms with van der Waals surface area (Å²) < 4.78 is 5.26. The van der Waals surface area contributed by atoms with Gasteiger partial charge in [-0.05, 0) is 24.0 Å². The van der Waals surface area contributed by atoms with Gasteiger partial charge in [0.25, 0.3) is 0 Å². The average molecular weight is 224 g/mol. The highest BCUT2D eigenvalue weighted by Crippen LogP contribution is 2.08. The van der Waals surface area contributed by atoms with Crippen molar-refractivity contribution in [1.82, 2.24) is 0 Å². The monoisotopic (exact) mass is 224 g/mol. The van der Waals surface area contributed by atoms with Crippen LogP contribution in [0.2, 0.25) is 0 Å². The molecule has 0 radical (unpaired) electrons. The first kappa shape index (κ1) is 12.5. The van der Waals surface area contributed by atoms with Gasteiger partial charge in [-0.1, -0.05) is 12.1 Å². The molecule has 0 bridgehead atoms. The zero-order valence-corrected chi connectivity index (χ0v) is 8.67. The van der Waals surface area contributed by atoms with E-state index in [0.717, 1.165) is 0 Å². The lowest BCUT2D eigenvalue weighted by molar-refractivity contribution is -0.137. The summed E-state index contributed by atoms with van der Waals surface area (Å²) in [6.45, 7) is 0.327. The summed E-state index contributed by atoms with van der Waals surface area (Å²) in [7, 11) is -1.49. The molecule has 1 aromatic carbocycles. The summed E-state index contributed by atoms with van der Waals surface area (Å²) in [6.07, 6.45) is 0.521. The fourth-order valence-electron chi connectivity index (χ4n) is 1.15. The minimum atomic E-state index is -1.49. The molecule has 0 atom stereocenters. The van der Waals surface area contributed by atoms with E-state index in [-0.39, 0.29) is 6.42 Å². The van der Waals surface area contributed by atoms with Crippen molar-refractivity contribution in [3.05, 3.63) is 24.3 Å². The third-order valence-corrected chi connectivity index (χ3v) is 1.98. The van der Waals surface area contributed by atoms with E-state index in [1.165, 1.54) is 12.1 Å². The van der Waals surface area contributed by atoms with Crippen molar-refractivity contribution >= 4 is 18.6 Å². The Morgan fingerprint density at radius 1 is 1.25 bits per heavy atom. The summed E-state index contributed by atoms with van der Waals surface area (Å²) in [5.74, 6) is -0.267. The second-order valence-corrected chi connectivity index (χ2v) is 3.29. The van der Waals surface area contributed by atoms with E-state index in [0.29, 0.717) is 24.2 Å². The number of hydrogen-bond donors (Lipinski definition) is 3. The van der Waals surface area contributed by atoms with Crippen molar-refractivity contribution in [3.63, 3.8) is 0 Å². The Bertz CT molecular complexity index is 336. The lowest BCUT2D eigenvalue weighted by atomic mass is 9.80. The zero-order chi connectivity index (χ0) is 12.0. The summed E-state index contributed by atoms with van der Waals surface area (Å²) >= 11 is 0. The Hall–Kier alpha value is -1.53. The van der Waals surface area contributed by atoms with Gasteiger partial charge in [-0.2, -0.15) is 0 Å². The molecular formula is C10H13BO5. The van der Waals surface area contributed by atoms with Gasteiger partial charge in [0.2, 0.25) is 0 Å². The van der Waals surface area contributed by atoms with E-state index < -0.39 is 13.1 Å². The normalized spacial score (nSPS) is 9.88. The summed E-state index contributed by atoms with van der Waals surface area (Å²) in [4.78, 5) is 10.2. The molecule has 0 saturated carbocycles. The number of benzene rings is 1. The molecule has 1 rings (SSSR count). The van der Waals surface area contributed by atoms with Crippen molar-refractivity contribution in [3.8, 4) is 5.75 Å². The molecule has 86 valence electrons. The van der Waals surface area contributed by atoms with E-state index in [1.807, 2.05) is 0 Å². The number of hydrogen-bond acceptors (Lipinski definition) is 4. The zero-order valence-electron chi connectivity index (χ0n) is 8.67. The molecule has 0 heterocycles. The van der Waals surface area contributed by atoms with Crippen LogP contribution in [0.25, 0.3) is 0 Å². The van der Waals surface area contributed by atoms with Gasteiger partial charge in [0, 0.05) is 6.42 Å². The van der Waals surface area contributed by atoms with Crippen molar-refractivity contribution in [2.75, 3.05) is 6.61 Å². The maximum absolute atomic E-state index is 10.2. The van der Waals surface area contributed by atoms with Gasteiger partial charge in [-0.3, -0.25) is 4.79 Å². The predicted octanol–water partition coefficient (Wildman–Crippen LogP) is -0.390. The molecule has 0 aromatic heterocycles. The highest BCUT2D eigenvalue weighted by atomic mass is 16.5. The van der Waals surface area contributed by atoms with Crippen molar-refractivity contribution in [2.24, 2.45) is 0 Å². The van der Waals surface area contributed by atoms with Crippen LogP contribution in [0.3, 0.4) is 0 Å². The minimum absolute atomic E-state index is 0.0768. The molecule has 0 fully saturated rings. The van der Waals surface area contributed by atoms with Crippen LogP contribution >= 0.6 is 0 Å². The molecule has 1 aromatic rings. The predicted molar refractivity (Wildman–Crippen MR) is 58.6 cm³/mol. The van der Waals surface area contributed by atoms with Crippen molar-refractivity contribution < 1.29 is 24.7 Å². The lowest BCUT2D eigenvalue weighted by Crippen LogP contribution is -2.29. The highest BCUT2D eigenvalue weighted by Gasteiger charge is 2.09. The van der Waals surface area contributed by atoms with Crippen LogP contribution in [0.4, 0.5) is 0 Å². The Balaban J connectivity index is 2.35. The minimum Gasteiger partial charge on any atom is -0.494 e. The van der Waals surface area contributed by atoms with Crippen molar-refractivity contribution in [1.29, 1.82) is 0 Å².